The van der Waals surface area contributed by atoms with E-state index in [9.17, 15) is 0 Å². The smallest absolute Gasteiger partial charge is 0.213 e. The highest BCUT2D eigenvalue weighted by atomic mass is 16.5. The molecule has 0 radical (unpaired) electrons. The molecule has 0 spiro atoms. The number of methoxy groups -OCH3 is 2. The summed E-state index contributed by atoms with van der Waals surface area (Å²) in [7, 11) is 3.36. The summed E-state index contributed by atoms with van der Waals surface area (Å²) in [6.07, 6.45) is 3.74. The predicted molar refractivity (Wildman–Crippen MR) is 138 cm³/mol. The van der Waals surface area contributed by atoms with E-state index in [2.05, 4.69) is 70.5 Å². The second-order valence-electron chi connectivity index (χ2n) is 8.71. The van der Waals surface area contributed by atoms with Crippen LogP contribution in [0, 0.1) is 0 Å². The normalized spacial score (nSPS) is 14.8. The van der Waals surface area contributed by atoms with Gasteiger partial charge in [-0.1, -0.05) is 48.5 Å². The molecule has 1 unspecified atom stereocenters. The van der Waals surface area contributed by atoms with Gasteiger partial charge in [0.25, 0.3) is 0 Å². The molecule has 5 nitrogen and oxygen atoms in total. The molecule has 178 valence electrons. The molecule has 0 bridgehead atoms. The molecule has 5 rings (SSSR count). The quantitative estimate of drug-likeness (QED) is 0.317. The third kappa shape index (κ3) is 5.24. The van der Waals surface area contributed by atoms with Crippen molar-refractivity contribution < 1.29 is 14.2 Å². The highest BCUT2D eigenvalue weighted by molar-refractivity contribution is 5.53. The Morgan fingerprint density at radius 2 is 1.63 bits per heavy atom. The molecule has 3 aromatic carbocycles. The molecule has 4 aromatic rings. The topological polar surface area (TPSA) is 43.8 Å². The zero-order chi connectivity index (χ0) is 24.0. The van der Waals surface area contributed by atoms with E-state index < -0.39 is 0 Å². The van der Waals surface area contributed by atoms with Gasteiger partial charge in [0, 0.05) is 12.6 Å². The third-order valence-corrected chi connectivity index (χ3v) is 6.57. The number of fused-ring (bicyclic) bond motifs is 1. The molecular formula is C30H30N2O3. The lowest BCUT2D eigenvalue weighted by atomic mass is 9.88. The van der Waals surface area contributed by atoms with E-state index in [-0.39, 0.29) is 6.04 Å². The SMILES string of the molecule is COc1ccc2c(c1)CCN(c1ccc(OC)nc1)C2Cc1ccc(OCc2ccccc2)cc1. The van der Waals surface area contributed by atoms with Gasteiger partial charge in [0.2, 0.25) is 5.88 Å². The minimum atomic E-state index is 0.191. The van der Waals surface area contributed by atoms with Gasteiger partial charge >= 0.3 is 0 Å². The van der Waals surface area contributed by atoms with E-state index in [1.165, 1.54) is 16.7 Å². The first-order valence-corrected chi connectivity index (χ1v) is 11.9. The lowest BCUT2D eigenvalue weighted by Gasteiger charge is -2.39. The number of pyridine rings is 1. The van der Waals surface area contributed by atoms with Crippen LogP contribution in [-0.4, -0.2) is 25.7 Å². The van der Waals surface area contributed by atoms with E-state index in [0.717, 1.165) is 42.1 Å². The maximum absolute atomic E-state index is 5.99. The van der Waals surface area contributed by atoms with Crippen LogP contribution in [0.25, 0.3) is 0 Å². The average Bonchev–Trinajstić information content (AvgIpc) is 2.93. The zero-order valence-electron chi connectivity index (χ0n) is 20.2. The largest absolute Gasteiger partial charge is 0.497 e. The van der Waals surface area contributed by atoms with Crippen LogP contribution >= 0.6 is 0 Å². The van der Waals surface area contributed by atoms with Crippen molar-refractivity contribution in [1.82, 2.24) is 4.98 Å². The van der Waals surface area contributed by atoms with Gasteiger partial charge in [-0.25, -0.2) is 4.98 Å². The molecule has 0 saturated heterocycles. The van der Waals surface area contributed by atoms with Crippen molar-refractivity contribution in [2.75, 3.05) is 25.7 Å². The molecular weight excluding hydrogens is 436 g/mol. The summed E-state index contributed by atoms with van der Waals surface area (Å²) in [6.45, 7) is 1.48. The van der Waals surface area contributed by atoms with Crippen LogP contribution < -0.4 is 19.1 Å². The summed E-state index contributed by atoms with van der Waals surface area (Å²) >= 11 is 0. The van der Waals surface area contributed by atoms with E-state index in [1.54, 1.807) is 14.2 Å². The minimum absolute atomic E-state index is 0.191. The van der Waals surface area contributed by atoms with Crippen LogP contribution in [0.4, 0.5) is 5.69 Å². The highest BCUT2D eigenvalue weighted by Crippen LogP contribution is 2.37. The standard InChI is InChI=1S/C30H30N2O3/c1-33-27-13-14-28-24(19-27)16-17-32(25-10-15-30(34-2)31-20-25)29(28)18-22-8-11-26(12-9-22)35-21-23-6-4-3-5-7-23/h3-15,19-20,29H,16-18,21H2,1-2H3. The second kappa shape index (κ2) is 10.5. The van der Waals surface area contributed by atoms with Crippen LogP contribution in [0.15, 0.2) is 91.1 Å². The van der Waals surface area contributed by atoms with Gasteiger partial charge in [0.1, 0.15) is 18.1 Å². The molecule has 0 aliphatic carbocycles. The zero-order valence-corrected chi connectivity index (χ0v) is 20.2. The fraction of sp³-hybridized carbons (Fsp3) is 0.233. The van der Waals surface area contributed by atoms with Crippen molar-refractivity contribution >= 4 is 5.69 Å². The molecule has 1 aliphatic rings. The van der Waals surface area contributed by atoms with Crippen molar-refractivity contribution in [3.8, 4) is 17.4 Å². The highest BCUT2D eigenvalue weighted by Gasteiger charge is 2.28. The maximum Gasteiger partial charge on any atom is 0.213 e. The van der Waals surface area contributed by atoms with Crippen molar-refractivity contribution in [2.24, 2.45) is 0 Å². The Morgan fingerprint density at radius 3 is 2.34 bits per heavy atom. The Hall–Kier alpha value is -3.99. The molecule has 0 fully saturated rings. The Labute approximate surface area is 206 Å². The van der Waals surface area contributed by atoms with Gasteiger partial charge in [-0.15, -0.1) is 0 Å². The monoisotopic (exact) mass is 466 g/mol. The summed E-state index contributed by atoms with van der Waals surface area (Å²) in [6, 6.07) is 29.3. The summed E-state index contributed by atoms with van der Waals surface area (Å²) in [5.41, 5.74) is 6.19. The van der Waals surface area contributed by atoms with Crippen molar-refractivity contribution in [1.29, 1.82) is 0 Å². The number of anilines is 1. The Morgan fingerprint density at radius 1 is 0.829 bits per heavy atom. The van der Waals surface area contributed by atoms with Crippen molar-refractivity contribution in [3.63, 3.8) is 0 Å². The van der Waals surface area contributed by atoms with Crippen molar-refractivity contribution in [2.45, 2.75) is 25.5 Å². The summed E-state index contributed by atoms with van der Waals surface area (Å²) < 4.78 is 16.7. The summed E-state index contributed by atoms with van der Waals surface area (Å²) in [5, 5.41) is 0. The predicted octanol–water partition coefficient (Wildman–Crippen LogP) is 6.02. The molecule has 1 atom stereocenters. The first-order valence-electron chi connectivity index (χ1n) is 11.9. The average molecular weight is 467 g/mol. The molecule has 2 heterocycles. The first kappa shape index (κ1) is 22.8. The molecule has 1 aliphatic heterocycles. The fourth-order valence-corrected chi connectivity index (χ4v) is 4.69. The number of nitrogens with zero attached hydrogens (tertiary/aromatic N) is 2. The molecule has 5 heteroatoms. The first-order chi connectivity index (χ1) is 17.2. The van der Waals surface area contributed by atoms with Crippen LogP contribution in [0.5, 0.6) is 17.4 Å². The van der Waals surface area contributed by atoms with Gasteiger partial charge in [-0.2, -0.15) is 0 Å². The molecule has 1 aromatic heterocycles. The molecule has 0 amide bonds. The van der Waals surface area contributed by atoms with Gasteiger partial charge in [-0.3, -0.25) is 0 Å². The molecule has 35 heavy (non-hydrogen) atoms. The third-order valence-electron chi connectivity index (χ3n) is 6.57. The second-order valence-corrected chi connectivity index (χ2v) is 8.71. The summed E-state index contributed by atoms with van der Waals surface area (Å²) in [4.78, 5) is 6.90. The van der Waals surface area contributed by atoms with E-state index >= 15 is 0 Å². The van der Waals surface area contributed by atoms with Crippen LogP contribution in [0.3, 0.4) is 0 Å². The van der Waals surface area contributed by atoms with E-state index in [4.69, 9.17) is 14.2 Å². The molecule has 0 saturated carbocycles. The van der Waals surface area contributed by atoms with E-state index in [0.29, 0.717) is 12.5 Å². The minimum Gasteiger partial charge on any atom is -0.497 e. The number of benzene rings is 3. The fourth-order valence-electron chi connectivity index (χ4n) is 4.69. The Kier molecular flexibility index (Phi) is 6.85. The van der Waals surface area contributed by atoms with Crippen LogP contribution in [-0.2, 0) is 19.4 Å². The number of rotatable bonds is 8. The number of ether oxygens (including phenoxy) is 3. The maximum atomic E-state index is 5.99. The van der Waals surface area contributed by atoms with Crippen LogP contribution in [0.2, 0.25) is 0 Å². The van der Waals surface area contributed by atoms with Crippen molar-refractivity contribution in [3.05, 3.63) is 113 Å². The number of aromatic nitrogens is 1. The van der Waals surface area contributed by atoms with Gasteiger partial charge in [-0.05, 0) is 65.4 Å². The van der Waals surface area contributed by atoms with E-state index in [1.807, 2.05) is 30.5 Å². The van der Waals surface area contributed by atoms with Crippen LogP contribution in [0.1, 0.15) is 28.3 Å². The number of hydrogen-bond donors (Lipinski definition) is 0. The van der Waals surface area contributed by atoms with Gasteiger partial charge < -0.3 is 19.1 Å². The Bertz CT molecular complexity index is 1240. The lowest BCUT2D eigenvalue weighted by molar-refractivity contribution is 0.306. The lowest BCUT2D eigenvalue weighted by Crippen LogP contribution is -2.36. The Balaban J connectivity index is 1.38. The van der Waals surface area contributed by atoms with Gasteiger partial charge in [0.15, 0.2) is 0 Å². The van der Waals surface area contributed by atoms with Gasteiger partial charge in [0.05, 0.1) is 32.1 Å². The summed E-state index contributed by atoms with van der Waals surface area (Å²) in [5.74, 6) is 2.41. The number of hydrogen-bond acceptors (Lipinski definition) is 5. The molecule has 0 N–H and O–H groups in total.